The van der Waals surface area contributed by atoms with E-state index in [9.17, 15) is 9.90 Å². The summed E-state index contributed by atoms with van der Waals surface area (Å²) in [4.78, 5) is 16.3. The molecule has 2 atom stereocenters. The van der Waals surface area contributed by atoms with Crippen molar-refractivity contribution in [2.24, 2.45) is 5.92 Å². The van der Waals surface area contributed by atoms with E-state index < -0.39 is 6.10 Å². The van der Waals surface area contributed by atoms with Gasteiger partial charge in [0.05, 0.1) is 6.10 Å². The van der Waals surface area contributed by atoms with Crippen LogP contribution in [0.2, 0.25) is 0 Å². The van der Waals surface area contributed by atoms with Gasteiger partial charge in [0, 0.05) is 17.7 Å². The largest absolute Gasteiger partial charge is 0.391 e. The van der Waals surface area contributed by atoms with Crippen molar-refractivity contribution in [1.82, 2.24) is 20.5 Å². The Morgan fingerprint density at radius 3 is 2.59 bits per heavy atom. The summed E-state index contributed by atoms with van der Waals surface area (Å²) in [5.74, 6) is 1.32. The summed E-state index contributed by atoms with van der Waals surface area (Å²) in [5, 5.41) is 19.5. The Kier molecular flexibility index (Phi) is 5.27. The Hall–Kier alpha value is -2.21. The van der Waals surface area contributed by atoms with Gasteiger partial charge in [0.25, 0.3) is 5.91 Å². The van der Waals surface area contributed by atoms with Crippen molar-refractivity contribution in [1.29, 1.82) is 0 Å². The monoisotopic (exact) mass is 302 g/mol. The molecule has 1 aromatic heterocycles. The van der Waals surface area contributed by atoms with Gasteiger partial charge in [-0.15, -0.1) is 0 Å². The molecule has 22 heavy (non-hydrogen) atoms. The summed E-state index contributed by atoms with van der Waals surface area (Å²) in [6, 6.07) is 7.07. The zero-order valence-electron chi connectivity index (χ0n) is 13.1. The number of rotatable bonds is 6. The molecule has 0 bridgehead atoms. The second-order valence-electron chi connectivity index (χ2n) is 5.48. The highest BCUT2D eigenvalue weighted by molar-refractivity contribution is 5.94. The number of carbonyl (C=O) groups excluding carboxylic acids is 1. The van der Waals surface area contributed by atoms with Crippen LogP contribution in [0.1, 0.15) is 36.5 Å². The lowest BCUT2D eigenvalue weighted by Crippen LogP contribution is -2.35. The summed E-state index contributed by atoms with van der Waals surface area (Å²) in [6.07, 6.45) is 0.353. The lowest BCUT2D eigenvalue weighted by molar-refractivity contribution is 0.0850. The average molecular weight is 302 g/mol. The number of aromatic amines is 1. The smallest absolute Gasteiger partial charge is 0.251 e. The summed E-state index contributed by atoms with van der Waals surface area (Å²) < 4.78 is 0. The molecule has 0 saturated heterocycles. The molecule has 0 spiro atoms. The van der Waals surface area contributed by atoms with Crippen LogP contribution in [0, 0.1) is 12.8 Å². The summed E-state index contributed by atoms with van der Waals surface area (Å²) in [6.45, 7) is 6.07. The molecule has 0 aliphatic rings. The van der Waals surface area contributed by atoms with Crippen molar-refractivity contribution in [2.45, 2.75) is 33.3 Å². The summed E-state index contributed by atoms with van der Waals surface area (Å²) in [7, 11) is 0. The lowest BCUT2D eigenvalue weighted by Gasteiger charge is -2.17. The first kappa shape index (κ1) is 16.2. The van der Waals surface area contributed by atoms with Gasteiger partial charge in [-0.05, 0) is 25.0 Å². The zero-order valence-corrected chi connectivity index (χ0v) is 13.1. The van der Waals surface area contributed by atoms with E-state index >= 15 is 0 Å². The van der Waals surface area contributed by atoms with Crippen molar-refractivity contribution in [3.63, 3.8) is 0 Å². The molecule has 6 nitrogen and oxygen atoms in total. The SMILES string of the molecule is CCC(C)C(O)CNC(=O)c1ccc(-c2n[nH]c(C)n2)cc1. The maximum absolute atomic E-state index is 12.1. The molecule has 2 rings (SSSR count). The topological polar surface area (TPSA) is 90.9 Å². The third-order valence-corrected chi connectivity index (χ3v) is 3.78. The lowest BCUT2D eigenvalue weighted by atomic mass is 10.0. The van der Waals surface area contributed by atoms with Gasteiger partial charge in [-0.2, -0.15) is 5.10 Å². The third-order valence-electron chi connectivity index (χ3n) is 3.78. The van der Waals surface area contributed by atoms with Gasteiger partial charge >= 0.3 is 0 Å². The molecular formula is C16H22N4O2. The molecule has 0 fully saturated rings. The van der Waals surface area contributed by atoms with Crippen LogP contribution in [-0.4, -0.2) is 38.8 Å². The number of aromatic nitrogens is 3. The third kappa shape index (κ3) is 3.92. The number of amides is 1. The number of carbonyl (C=O) groups is 1. The van der Waals surface area contributed by atoms with E-state index in [0.717, 1.165) is 17.8 Å². The maximum Gasteiger partial charge on any atom is 0.251 e. The minimum absolute atomic E-state index is 0.164. The highest BCUT2D eigenvalue weighted by atomic mass is 16.3. The van der Waals surface area contributed by atoms with Gasteiger partial charge in [-0.1, -0.05) is 32.4 Å². The second-order valence-corrected chi connectivity index (χ2v) is 5.48. The Bertz CT molecular complexity index is 621. The van der Waals surface area contributed by atoms with Gasteiger partial charge < -0.3 is 10.4 Å². The van der Waals surface area contributed by atoms with Crippen molar-refractivity contribution in [3.8, 4) is 11.4 Å². The molecule has 6 heteroatoms. The number of aliphatic hydroxyl groups is 1. The van der Waals surface area contributed by atoms with Gasteiger partial charge in [-0.25, -0.2) is 4.98 Å². The number of hydrogen-bond donors (Lipinski definition) is 3. The van der Waals surface area contributed by atoms with E-state index in [4.69, 9.17) is 0 Å². The van der Waals surface area contributed by atoms with Crippen LogP contribution in [0.3, 0.4) is 0 Å². The van der Waals surface area contributed by atoms with E-state index in [0.29, 0.717) is 11.4 Å². The standard InChI is InChI=1S/C16H22N4O2/c1-4-10(2)14(21)9-17-16(22)13-7-5-12(6-8-13)15-18-11(3)19-20-15/h5-8,10,14,21H,4,9H2,1-3H3,(H,17,22)(H,18,19,20). The van der Waals surface area contributed by atoms with Crippen molar-refractivity contribution < 1.29 is 9.90 Å². The minimum Gasteiger partial charge on any atom is -0.391 e. The number of nitrogens with zero attached hydrogens (tertiary/aromatic N) is 2. The first-order chi connectivity index (χ1) is 10.5. The number of hydrogen-bond acceptors (Lipinski definition) is 4. The van der Waals surface area contributed by atoms with Crippen LogP contribution in [0.4, 0.5) is 0 Å². The number of nitrogens with one attached hydrogen (secondary N) is 2. The van der Waals surface area contributed by atoms with E-state index in [1.165, 1.54) is 0 Å². The first-order valence-electron chi connectivity index (χ1n) is 7.47. The molecule has 1 amide bonds. The Morgan fingerprint density at radius 1 is 1.36 bits per heavy atom. The summed E-state index contributed by atoms with van der Waals surface area (Å²) >= 11 is 0. The van der Waals surface area contributed by atoms with E-state index in [-0.39, 0.29) is 18.4 Å². The van der Waals surface area contributed by atoms with E-state index in [2.05, 4.69) is 20.5 Å². The average Bonchev–Trinajstić information content (AvgIpc) is 2.98. The molecule has 2 unspecified atom stereocenters. The molecule has 1 aromatic carbocycles. The fraction of sp³-hybridized carbons (Fsp3) is 0.438. The molecule has 0 aliphatic heterocycles. The molecule has 118 valence electrons. The van der Waals surface area contributed by atoms with Crippen molar-refractivity contribution in [3.05, 3.63) is 35.7 Å². The van der Waals surface area contributed by atoms with Crippen molar-refractivity contribution >= 4 is 5.91 Å². The van der Waals surface area contributed by atoms with Gasteiger partial charge in [0.15, 0.2) is 5.82 Å². The normalized spacial score (nSPS) is 13.6. The van der Waals surface area contributed by atoms with Gasteiger partial charge in [0.1, 0.15) is 5.82 Å². The molecule has 1 heterocycles. The Balaban J connectivity index is 1.96. The zero-order chi connectivity index (χ0) is 16.1. The quantitative estimate of drug-likeness (QED) is 0.760. The van der Waals surface area contributed by atoms with Gasteiger partial charge in [-0.3, -0.25) is 9.89 Å². The van der Waals surface area contributed by atoms with Crippen LogP contribution in [0.15, 0.2) is 24.3 Å². The van der Waals surface area contributed by atoms with Crippen LogP contribution in [-0.2, 0) is 0 Å². The maximum atomic E-state index is 12.1. The highest BCUT2D eigenvalue weighted by Crippen LogP contribution is 2.15. The molecule has 0 saturated carbocycles. The molecule has 3 N–H and O–H groups in total. The van der Waals surface area contributed by atoms with Crippen LogP contribution in [0.5, 0.6) is 0 Å². The van der Waals surface area contributed by atoms with Crippen molar-refractivity contribution in [2.75, 3.05) is 6.54 Å². The highest BCUT2D eigenvalue weighted by Gasteiger charge is 2.14. The molecule has 0 aliphatic carbocycles. The van der Waals surface area contributed by atoms with Crippen LogP contribution >= 0.6 is 0 Å². The molecule has 2 aromatic rings. The number of benzene rings is 1. The number of aliphatic hydroxyl groups excluding tert-OH is 1. The van der Waals surface area contributed by atoms with Crippen LogP contribution < -0.4 is 5.32 Å². The predicted octanol–water partition coefficient (Wildman–Crippen LogP) is 1.92. The first-order valence-corrected chi connectivity index (χ1v) is 7.47. The summed E-state index contributed by atoms with van der Waals surface area (Å²) in [5.41, 5.74) is 1.40. The minimum atomic E-state index is -0.524. The fourth-order valence-corrected chi connectivity index (χ4v) is 2.02. The Labute approximate surface area is 130 Å². The number of aryl methyl sites for hydroxylation is 1. The molecule has 0 radical (unpaired) electrons. The Morgan fingerprint density at radius 2 is 2.05 bits per heavy atom. The second kappa shape index (κ2) is 7.17. The molecular weight excluding hydrogens is 280 g/mol. The van der Waals surface area contributed by atoms with E-state index in [1.807, 2.05) is 32.9 Å². The fourth-order valence-electron chi connectivity index (χ4n) is 2.02. The number of H-pyrrole nitrogens is 1. The predicted molar refractivity (Wildman–Crippen MR) is 84.4 cm³/mol. The van der Waals surface area contributed by atoms with Crippen LogP contribution in [0.25, 0.3) is 11.4 Å². The van der Waals surface area contributed by atoms with E-state index in [1.54, 1.807) is 12.1 Å². The van der Waals surface area contributed by atoms with Gasteiger partial charge in [0.2, 0.25) is 0 Å².